The van der Waals surface area contributed by atoms with Crippen molar-refractivity contribution in [1.82, 2.24) is 20.4 Å². The van der Waals surface area contributed by atoms with Crippen molar-refractivity contribution in [2.75, 3.05) is 13.1 Å². The van der Waals surface area contributed by atoms with Crippen molar-refractivity contribution in [2.45, 2.75) is 12.0 Å². The minimum atomic E-state index is -0.271. The van der Waals surface area contributed by atoms with Crippen LogP contribution >= 0.6 is 0 Å². The molecule has 29 heavy (non-hydrogen) atoms. The Labute approximate surface area is 168 Å². The summed E-state index contributed by atoms with van der Waals surface area (Å²) in [5.74, 6) is 3.46. The average molecular weight is 383 g/mol. The number of benzene rings is 1. The van der Waals surface area contributed by atoms with Gasteiger partial charge in [-0.3, -0.25) is 0 Å². The van der Waals surface area contributed by atoms with Crippen molar-refractivity contribution in [3.8, 4) is 28.8 Å². The number of nitrogens with one attached hydrogen (secondary N) is 2. The average Bonchev–Trinajstić information content (AvgIpc) is 3.10. The van der Waals surface area contributed by atoms with E-state index in [1.807, 2.05) is 55.3 Å². The van der Waals surface area contributed by atoms with Crippen LogP contribution in [0.1, 0.15) is 16.9 Å². The van der Waals surface area contributed by atoms with Crippen LogP contribution in [0.4, 0.5) is 0 Å². The van der Waals surface area contributed by atoms with Gasteiger partial charge in [-0.25, -0.2) is 0 Å². The molecule has 8 heteroatoms. The monoisotopic (exact) mass is 383 g/mol. The third-order valence-electron chi connectivity index (χ3n) is 5.61. The molecule has 2 aromatic heterocycles. The summed E-state index contributed by atoms with van der Waals surface area (Å²) in [4.78, 5) is 14.4. The number of piperidine rings is 1. The molecule has 2 N–H and O–H groups in total. The molecule has 1 saturated carbocycles. The zero-order chi connectivity index (χ0) is 19.8. The predicted octanol–water partition coefficient (Wildman–Crippen LogP) is 2.49. The van der Waals surface area contributed by atoms with Gasteiger partial charge in [0.2, 0.25) is 0 Å². The number of H-pyrrole nitrogens is 1. The molecule has 2 atom stereocenters. The summed E-state index contributed by atoms with van der Waals surface area (Å²) in [5.41, 5.74) is 1.55. The van der Waals surface area contributed by atoms with Crippen LogP contribution < -0.4 is 10.1 Å². The van der Waals surface area contributed by atoms with Gasteiger partial charge in [-0.15, -0.1) is 0 Å². The van der Waals surface area contributed by atoms with Crippen LogP contribution in [0.15, 0.2) is 54.5 Å². The molecule has 2 unspecified atom stereocenters. The Morgan fingerprint density at radius 1 is 1.34 bits per heavy atom. The fraction of sp³-hybridized carbons (Fsp3) is 0.238. The number of aromatic amines is 1. The Kier molecular flexibility index (Phi) is 4.09. The molecule has 142 valence electrons. The number of nitrogens with zero attached hydrogens (tertiary/aromatic N) is 3. The number of carbonyl (C=O) groups excluding carboxylic acids is 1. The molecular weight excluding hydrogens is 365 g/mol. The van der Waals surface area contributed by atoms with Crippen molar-refractivity contribution in [1.29, 1.82) is 5.26 Å². The van der Waals surface area contributed by atoms with Gasteiger partial charge in [-0.1, -0.05) is 0 Å². The molecule has 0 spiro atoms. The number of carbonyl (C=O) groups is 1. The van der Waals surface area contributed by atoms with Crippen LogP contribution in [-0.2, 0) is 0 Å². The van der Waals surface area contributed by atoms with Gasteiger partial charge < -0.3 is 0 Å². The molecule has 2 fully saturated rings. The topological polar surface area (TPSA) is 94.0 Å². The van der Waals surface area contributed by atoms with Gasteiger partial charge in [0.05, 0.1) is 0 Å². The van der Waals surface area contributed by atoms with Crippen molar-refractivity contribution < 1.29 is 9.53 Å². The Balaban J connectivity index is 1.35. The molecule has 0 bridgehead atoms. The maximum absolute atomic E-state index is 12.7. The number of likely N-dealkylation sites (tertiary alicyclic amines) is 1. The normalized spacial score (nSPS) is 21.8. The zero-order valence-corrected chi connectivity index (χ0v) is 15.6. The van der Waals surface area contributed by atoms with Gasteiger partial charge in [-0.2, -0.15) is 0 Å². The third-order valence-corrected chi connectivity index (χ3v) is 5.61. The first-order valence-electron chi connectivity index (χ1n) is 9.52. The first kappa shape index (κ1) is 17.5. The van der Waals surface area contributed by atoms with Crippen LogP contribution in [0.5, 0.6) is 11.5 Å². The molecule has 7 nitrogen and oxygen atoms in total. The summed E-state index contributed by atoms with van der Waals surface area (Å²) < 4.78 is 6.00. The van der Waals surface area contributed by atoms with E-state index in [9.17, 15) is 4.79 Å². The second-order valence-electron chi connectivity index (χ2n) is 7.57. The Hall–Kier alpha value is -3.60. The standard InChI is InChI=1S/C21H18BN5O2/c23-13-27-11-14-10-21(14,12-27)24-20(28)17-9-16(25-26-17)19-18(7-4-8-22-19)29-15-5-2-1-3-6-15/h1-9,14H,10-12H2,(H,24,28)(H,25,26). The molecule has 1 saturated heterocycles. The Morgan fingerprint density at radius 3 is 3.00 bits per heavy atom. The maximum atomic E-state index is 12.7. The molecule has 3 aromatic rings. The predicted molar refractivity (Wildman–Crippen MR) is 107 cm³/mol. The van der Waals surface area contributed by atoms with Gasteiger partial charge >= 0.3 is 168 Å². The Morgan fingerprint density at radius 2 is 2.21 bits per heavy atom. The van der Waals surface area contributed by atoms with E-state index in [-0.39, 0.29) is 11.4 Å². The van der Waals surface area contributed by atoms with Crippen LogP contribution in [0, 0.1) is 17.4 Å². The van der Waals surface area contributed by atoms with E-state index in [2.05, 4.69) is 21.7 Å². The van der Waals surface area contributed by atoms with E-state index in [1.165, 1.54) is 0 Å². The number of hydrogen-bond acceptors (Lipinski definition) is 5. The molecule has 2 aliphatic rings. The van der Waals surface area contributed by atoms with Crippen molar-refractivity contribution in [3.05, 3.63) is 60.2 Å². The number of amides is 1. The quantitative estimate of drug-likeness (QED) is 0.661. The fourth-order valence-corrected chi connectivity index (χ4v) is 4.01. The molecule has 1 aliphatic heterocycles. The van der Waals surface area contributed by atoms with Crippen LogP contribution in [0.3, 0.4) is 0 Å². The second-order valence-corrected chi connectivity index (χ2v) is 7.57. The summed E-state index contributed by atoms with van der Waals surface area (Å²) in [6, 6.07) is 15.0. The summed E-state index contributed by atoms with van der Waals surface area (Å²) >= 11 is 0. The molecule has 3 heterocycles. The third kappa shape index (κ3) is 3.25. The second kappa shape index (κ2) is 6.78. The molecule has 1 aromatic carbocycles. The van der Waals surface area contributed by atoms with Gasteiger partial charge in [0, 0.05) is 0 Å². The zero-order valence-electron chi connectivity index (χ0n) is 15.6. The van der Waals surface area contributed by atoms with Gasteiger partial charge in [0.15, 0.2) is 0 Å². The van der Waals surface area contributed by atoms with Crippen LogP contribution in [-0.4, -0.2) is 46.5 Å². The summed E-state index contributed by atoms with van der Waals surface area (Å²) in [5, 5.41) is 19.3. The van der Waals surface area contributed by atoms with E-state index in [1.54, 1.807) is 11.0 Å². The molecule has 0 radical (unpaired) electrons. The number of para-hydroxylation sites is 1. The first-order chi connectivity index (χ1) is 14.2. The summed E-state index contributed by atoms with van der Waals surface area (Å²) in [7, 11) is 0. The summed E-state index contributed by atoms with van der Waals surface area (Å²) in [6.45, 7) is 3.21. The van der Waals surface area contributed by atoms with Crippen molar-refractivity contribution >= 4 is 12.8 Å². The van der Waals surface area contributed by atoms with E-state index >= 15 is 0 Å². The van der Waals surface area contributed by atoms with Crippen LogP contribution in [0.2, 0.25) is 0 Å². The first-order valence-corrected chi connectivity index (χ1v) is 9.52. The SMILES string of the molecule is N#CN1CC2CC2(NC(=O)c2cc(-c3bcccc3Oc3ccccc3)n[nH]2)C1. The van der Waals surface area contributed by atoms with Crippen molar-refractivity contribution in [3.63, 3.8) is 0 Å². The van der Waals surface area contributed by atoms with Gasteiger partial charge in [-0.05, 0) is 0 Å². The van der Waals surface area contributed by atoms with Gasteiger partial charge in [0.25, 0.3) is 0 Å². The number of nitriles is 1. The van der Waals surface area contributed by atoms with Crippen molar-refractivity contribution in [2.24, 2.45) is 5.92 Å². The summed E-state index contributed by atoms with van der Waals surface area (Å²) in [6.07, 6.45) is 3.08. The minimum absolute atomic E-state index is 0.201. The molecule has 1 amide bonds. The number of rotatable bonds is 5. The van der Waals surface area contributed by atoms with E-state index < -0.39 is 0 Å². The van der Waals surface area contributed by atoms with E-state index in [0.717, 1.165) is 24.2 Å². The number of hydrogen-bond donors (Lipinski definition) is 2. The van der Waals surface area contributed by atoms with E-state index in [4.69, 9.17) is 10.00 Å². The number of aromatic nitrogens is 2. The molecule has 5 rings (SSSR count). The number of ether oxygens (including phenoxy) is 1. The number of fused-ring (bicyclic) bond motifs is 1. The fourth-order valence-electron chi connectivity index (χ4n) is 4.01. The Bertz CT molecular complexity index is 1110. The van der Waals surface area contributed by atoms with Crippen LogP contribution in [0.25, 0.3) is 11.2 Å². The van der Waals surface area contributed by atoms with E-state index in [0.29, 0.717) is 29.6 Å². The molecular formula is C21H18BN5O2. The molecule has 1 aliphatic carbocycles. The van der Waals surface area contributed by atoms with Gasteiger partial charge in [0.1, 0.15) is 0 Å².